The van der Waals surface area contributed by atoms with Crippen molar-refractivity contribution >= 4 is 21.8 Å². The van der Waals surface area contributed by atoms with Gasteiger partial charge in [-0.1, -0.05) is 41.9 Å². The van der Waals surface area contributed by atoms with Crippen LogP contribution in [0.25, 0.3) is 0 Å². The fraction of sp³-hybridized carbons (Fsp3) is 0.462. The standard InChI is InChI=1S/C13H18BrNO/c1-9(2)12(8-13(16)15-3)10-4-6-11(14)7-5-10/h4-7,9,12H,8H2,1-3H3,(H,15,16). The first kappa shape index (κ1) is 13.2. The van der Waals surface area contributed by atoms with Crippen molar-refractivity contribution in [3.8, 4) is 0 Å². The zero-order valence-electron chi connectivity index (χ0n) is 9.96. The minimum absolute atomic E-state index is 0.0987. The summed E-state index contributed by atoms with van der Waals surface area (Å²) in [6.45, 7) is 4.30. The summed E-state index contributed by atoms with van der Waals surface area (Å²) in [5, 5.41) is 2.68. The van der Waals surface area contributed by atoms with Crippen molar-refractivity contribution in [3.63, 3.8) is 0 Å². The van der Waals surface area contributed by atoms with Gasteiger partial charge in [-0.2, -0.15) is 0 Å². The molecule has 1 aromatic carbocycles. The third-order valence-electron chi connectivity index (χ3n) is 2.79. The Bertz CT molecular complexity index is 345. The van der Waals surface area contributed by atoms with Crippen LogP contribution in [0, 0.1) is 5.92 Å². The van der Waals surface area contributed by atoms with E-state index in [1.54, 1.807) is 7.05 Å². The van der Waals surface area contributed by atoms with Crippen LogP contribution in [-0.4, -0.2) is 13.0 Å². The van der Waals surface area contributed by atoms with E-state index >= 15 is 0 Å². The van der Waals surface area contributed by atoms with Crippen molar-refractivity contribution in [2.45, 2.75) is 26.2 Å². The molecule has 0 saturated carbocycles. The highest BCUT2D eigenvalue weighted by Gasteiger charge is 2.18. The number of amides is 1. The third-order valence-corrected chi connectivity index (χ3v) is 3.32. The van der Waals surface area contributed by atoms with Crippen LogP contribution in [0.4, 0.5) is 0 Å². The second-order valence-electron chi connectivity index (χ2n) is 4.28. The molecule has 0 spiro atoms. The molecule has 1 N–H and O–H groups in total. The van der Waals surface area contributed by atoms with Gasteiger partial charge in [-0.3, -0.25) is 4.79 Å². The van der Waals surface area contributed by atoms with Gasteiger partial charge in [-0.05, 0) is 29.5 Å². The Kier molecular flexibility index (Phi) is 5.00. The van der Waals surface area contributed by atoms with E-state index in [-0.39, 0.29) is 11.8 Å². The lowest BCUT2D eigenvalue weighted by Gasteiger charge is -2.20. The van der Waals surface area contributed by atoms with Gasteiger partial charge in [0.2, 0.25) is 5.91 Å². The largest absolute Gasteiger partial charge is 0.359 e. The molecule has 1 aromatic rings. The first-order valence-corrected chi connectivity index (χ1v) is 6.30. The molecule has 0 aliphatic carbocycles. The highest BCUT2D eigenvalue weighted by Crippen LogP contribution is 2.28. The Morgan fingerprint density at radius 1 is 1.31 bits per heavy atom. The molecule has 3 heteroatoms. The van der Waals surface area contributed by atoms with E-state index in [2.05, 4.69) is 47.2 Å². The maximum atomic E-state index is 11.4. The van der Waals surface area contributed by atoms with Crippen molar-refractivity contribution in [1.82, 2.24) is 5.32 Å². The van der Waals surface area contributed by atoms with Crippen LogP contribution in [0.15, 0.2) is 28.7 Å². The predicted octanol–water partition coefficient (Wildman–Crippen LogP) is 3.32. The van der Waals surface area contributed by atoms with Crippen molar-refractivity contribution in [1.29, 1.82) is 0 Å². The zero-order valence-corrected chi connectivity index (χ0v) is 11.5. The smallest absolute Gasteiger partial charge is 0.220 e. The highest BCUT2D eigenvalue weighted by molar-refractivity contribution is 9.10. The van der Waals surface area contributed by atoms with Gasteiger partial charge in [-0.25, -0.2) is 0 Å². The number of nitrogens with one attached hydrogen (secondary N) is 1. The Morgan fingerprint density at radius 2 is 1.88 bits per heavy atom. The van der Waals surface area contributed by atoms with Crippen LogP contribution >= 0.6 is 15.9 Å². The third kappa shape index (κ3) is 3.63. The van der Waals surface area contributed by atoms with E-state index in [1.807, 2.05) is 12.1 Å². The molecule has 0 aliphatic heterocycles. The van der Waals surface area contributed by atoms with Crippen LogP contribution in [0.5, 0.6) is 0 Å². The summed E-state index contributed by atoms with van der Waals surface area (Å²) in [5.41, 5.74) is 1.22. The molecule has 0 heterocycles. The number of carbonyl (C=O) groups excluding carboxylic acids is 1. The van der Waals surface area contributed by atoms with Crippen molar-refractivity contribution in [2.24, 2.45) is 5.92 Å². The number of benzene rings is 1. The molecule has 1 atom stereocenters. The summed E-state index contributed by atoms with van der Waals surface area (Å²) in [6, 6.07) is 8.21. The minimum atomic E-state index is 0.0987. The lowest BCUT2D eigenvalue weighted by molar-refractivity contribution is -0.121. The predicted molar refractivity (Wildman–Crippen MR) is 70.4 cm³/mol. The number of carbonyl (C=O) groups is 1. The SMILES string of the molecule is CNC(=O)CC(c1ccc(Br)cc1)C(C)C. The van der Waals surface area contributed by atoms with Crippen molar-refractivity contribution in [3.05, 3.63) is 34.3 Å². The van der Waals surface area contributed by atoms with Crippen LogP contribution < -0.4 is 5.32 Å². The first-order valence-electron chi connectivity index (χ1n) is 5.50. The maximum absolute atomic E-state index is 11.4. The summed E-state index contributed by atoms with van der Waals surface area (Å²) in [4.78, 5) is 11.4. The lowest BCUT2D eigenvalue weighted by Crippen LogP contribution is -2.22. The minimum Gasteiger partial charge on any atom is -0.359 e. The van der Waals surface area contributed by atoms with Gasteiger partial charge >= 0.3 is 0 Å². The molecule has 0 aromatic heterocycles. The summed E-state index contributed by atoms with van der Waals surface area (Å²) in [5.74, 6) is 0.841. The van der Waals surface area contributed by atoms with Crippen LogP contribution in [0.1, 0.15) is 31.7 Å². The molecule has 0 radical (unpaired) electrons. The van der Waals surface area contributed by atoms with Crippen molar-refractivity contribution in [2.75, 3.05) is 7.05 Å². The Labute approximate surface area is 106 Å². The average Bonchev–Trinajstić information content (AvgIpc) is 2.26. The molecule has 1 amide bonds. The maximum Gasteiger partial charge on any atom is 0.220 e. The normalized spacial score (nSPS) is 12.6. The first-order chi connectivity index (χ1) is 7.54. The highest BCUT2D eigenvalue weighted by atomic mass is 79.9. The molecule has 0 aliphatic rings. The molecular weight excluding hydrogens is 266 g/mol. The average molecular weight is 284 g/mol. The van der Waals surface area contributed by atoms with Gasteiger partial charge in [0.15, 0.2) is 0 Å². The Morgan fingerprint density at radius 3 is 2.31 bits per heavy atom. The number of rotatable bonds is 4. The molecule has 1 rings (SSSR count). The van der Waals surface area contributed by atoms with Gasteiger partial charge in [0.25, 0.3) is 0 Å². The molecule has 1 unspecified atom stereocenters. The van der Waals surface area contributed by atoms with Gasteiger partial charge < -0.3 is 5.32 Å². The summed E-state index contributed by atoms with van der Waals surface area (Å²) in [7, 11) is 1.68. The lowest BCUT2D eigenvalue weighted by atomic mass is 9.85. The van der Waals surface area contributed by atoms with Gasteiger partial charge in [0.1, 0.15) is 0 Å². The van der Waals surface area contributed by atoms with E-state index in [4.69, 9.17) is 0 Å². The number of hydrogen-bond donors (Lipinski definition) is 1. The zero-order chi connectivity index (χ0) is 12.1. The second kappa shape index (κ2) is 6.04. The van der Waals surface area contributed by atoms with E-state index < -0.39 is 0 Å². The second-order valence-corrected chi connectivity index (χ2v) is 5.20. The molecular formula is C13H18BrNO. The Balaban J connectivity index is 2.85. The molecule has 0 saturated heterocycles. The fourth-order valence-corrected chi connectivity index (χ4v) is 2.01. The van der Waals surface area contributed by atoms with E-state index in [9.17, 15) is 4.79 Å². The molecule has 0 bridgehead atoms. The van der Waals surface area contributed by atoms with E-state index in [0.29, 0.717) is 12.3 Å². The molecule has 88 valence electrons. The van der Waals surface area contributed by atoms with Crippen molar-refractivity contribution < 1.29 is 4.79 Å². The number of halogens is 1. The quantitative estimate of drug-likeness (QED) is 0.902. The number of hydrogen-bond acceptors (Lipinski definition) is 1. The van der Waals surface area contributed by atoms with Gasteiger partial charge in [0.05, 0.1) is 0 Å². The fourth-order valence-electron chi connectivity index (χ4n) is 1.75. The van der Waals surface area contributed by atoms with Crippen LogP contribution in [0.3, 0.4) is 0 Å². The van der Waals surface area contributed by atoms with Crippen LogP contribution in [0.2, 0.25) is 0 Å². The summed E-state index contributed by atoms with van der Waals surface area (Å²) in [6.07, 6.45) is 0.551. The van der Waals surface area contributed by atoms with E-state index in [1.165, 1.54) is 5.56 Å². The topological polar surface area (TPSA) is 29.1 Å². The molecule has 16 heavy (non-hydrogen) atoms. The molecule has 0 fully saturated rings. The van der Waals surface area contributed by atoms with Gasteiger partial charge in [0, 0.05) is 17.9 Å². The van der Waals surface area contributed by atoms with E-state index in [0.717, 1.165) is 4.47 Å². The van der Waals surface area contributed by atoms with Crippen LogP contribution in [-0.2, 0) is 4.79 Å². The monoisotopic (exact) mass is 283 g/mol. The summed E-state index contributed by atoms with van der Waals surface area (Å²) < 4.78 is 1.07. The Hall–Kier alpha value is -0.830. The molecule has 2 nitrogen and oxygen atoms in total. The summed E-state index contributed by atoms with van der Waals surface area (Å²) >= 11 is 3.42. The van der Waals surface area contributed by atoms with Gasteiger partial charge in [-0.15, -0.1) is 0 Å².